The van der Waals surface area contributed by atoms with Crippen molar-refractivity contribution in [2.75, 3.05) is 6.54 Å². The van der Waals surface area contributed by atoms with Crippen LogP contribution in [0.1, 0.15) is 65.7 Å². The summed E-state index contributed by atoms with van der Waals surface area (Å²) in [6.07, 6.45) is 2.85. The quantitative estimate of drug-likeness (QED) is 0.485. The van der Waals surface area contributed by atoms with Crippen LogP contribution in [0.4, 0.5) is 4.79 Å². The highest BCUT2D eigenvalue weighted by atomic mass is 16.7. The van der Waals surface area contributed by atoms with Gasteiger partial charge in [0, 0.05) is 19.4 Å². The summed E-state index contributed by atoms with van der Waals surface area (Å²) in [6.45, 7) is 6.21. The number of amides is 1. The summed E-state index contributed by atoms with van der Waals surface area (Å²) in [5.41, 5.74) is 0. The van der Waals surface area contributed by atoms with Crippen molar-refractivity contribution >= 4 is 18.0 Å². The maximum absolute atomic E-state index is 11.9. The Hall–Kier alpha value is -1.79. The lowest BCUT2D eigenvalue weighted by Gasteiger charge is -2.26. The second-order valence-corrected chi connectivity index (χ2v) is 7.15. The number of hydrogen-bond acceptors (Lipinski definition) is 5. The van der Waals surface area contributed by atoms with Gasteiger partial charge in [-0.1, -0.05) is 20.8 Å². The third-order valence-electron chi connectivity index (χ3n) is 4.33. The molecule has 0 aromatic heterocycles. The molecule has 2 N–H and O–H groups in total. The van der Waals surface area contributed by atoms with E-state index in [-0.39, 0.29) is 30.1 Å². The molecule has 0 aliphatic heterocycles. The van der Waals surface area contributed by atoms with Crippen molar-refractivity contribution in [3.05, 3.63) is 0 Å². The van der Waals surface area contributed by atoms with Crippen LogP contribution in [0.15, 0.2) is 0 Å². The molecular formula is C18H31NO6. The van der Waals surface area contributed by atoms with E-state index in [9.17, 15) is 14.4 Å². The van der Waals surface area contributed by atoms with Gasteiger partial charge in [-0.2, -0.15) is 0 Å². The number of esters is 1. The number of aliphatic carboxylic acids is 1. The van der Waals surface area contributed by atoms with Crippen LogP contribution in [-0.4, -0.2) is 36.0 Å². The second-order valence-electron chi connectivity index (χ2n) is 7.15. The standard InChI is InChI=1S/C18H31NO6/c1-4-5-16(24-15(20)10-12(2)3)25-18(23)19-11-13-6-8-14(9-7-13)17(21)22/h12-14,16H,4-11H2,1-3H3,(H,19,23)(H,21,22)/t13-,14-,16?. The maximum atomic E-state index is 11.9. The van der Waals surface area contributed by atoms with E-state index in [1.807, 2.05) is 20.8 Å². The van der Waals surface area contributed by atoms with Gasteiger partial charge in [0.25, 0.3) is 0 Å². The van der Waals surface area contributed by atoms with E-state index in [0.29, 0.717) is 25.8 Å². The number of carboxylic acid groups (broad SMARTS) is 1. The van der Waals surface area contributed by atoms with Crippen LogP contribution in [0.2, 0.25) is 0 Å². The van der Waals surface area contributed by atoms with Crippen LogP contribution in [0.25, 0.3) is 0 Å². The average Bonchev–Trinajstić information content (AvgIpc) is 2.52. The molecule has 1 amide bonds. The highest BCUT2D eigenvalue weighted by Gasteiger charge is 2.26. The zero-order chi connectivity index (χ0) is 18.8. The fraction of sp³-hybridized carbons (Fsp3) is 0.833. The van der Waals surface area contributed by atoms with E-state index in [0.717, 1.165) is 19.3 Å². The summed E-state index contributed by atoms with van der Waals surface area (Å²) in [4.78, 5) is 34.6. The fourth-order valence-electron chi connectivity index (χ4n) is 2.91. The van der Waals surface area contributed by atoms with Gasteiger partial charge in [0.15, 0.2) is 0 Å². The molecule has 1 rings (SSSR count). The Labute approximate surface area is 149 Å². The van der Waals surface area contributed by atoms with Crippen molar-refractivity contribution in [1.29, 1.82) is 0 Å². The first-order valence-corrected chi connectivity index (χ1v) is 9.18. The van der Waals surface area contributed by atoms with Gasteiger partial charge in [-0.3, -0.25) is 9.59 Å². The SMILES string of the molecule is CCCC(OC(=O)CC(C)C)OC(=O)NC[C@H]1CC[C@H](C(=O)O)CC1. The minimum atomic E-state index is -0.862. The number of ether oxygens (including phenoxy) is 2. The third-order valence-corrected chi connectivity index (χ3v) is 4.33. The molecule has 7 nitrogen and oxygen atoms in total. The van der Waals surface area contributed by atoms with Crippen molar-refractivity contribution in [2.24, 2.45) is 17.8 Å². The second kappa shape index (κ2) is 10.9. The fourth-order valence-corrected chi connectivity index (χ4v) is 2.91. The highest BCUT2D eigenvalue weighted by molar-refractivity contribution is 5.71. The molecule has 0 spiro atoms. The smallest absolute Gasteiger partial charge is 0.410 e. The van der Waals surface area contributed by atoms with Gasteiger partial charge in [0.1, 0.15) is 0 Å². The first-order valence-electron chi connectivity index (χ1n) is 9.18. The Kier molecular flexibility index (Phi) is 9.31. The number of carbonyl (C=O) groups excluding carboxylic acids is 2. The molecular weight excluding hydrogens is 326 g/mol. The highest BCUT2D eigenvalue weighted by Crippen LogP contribution is 2.28. The number of nitrogens with one attached hydrogen (secondary N) is 1. The first kappa shape index (κ1) is 21.3. The summed E-state index contributed by atoms with van der Waals surface area (Å²) in [6, 6.07) is 0. The van der Waals surface area contributed by atoms with Crippen LogP contribution in [0.3, 0.4) is 0 Å². The van der Waals surface area contributed by atoms with Crippen LogP contribution in [0.5, 0.6) is 0 Å². The molecule has 0 heterocycles. The number of carboxylic acids is 1. The Bertz CT molecular complexity index is 443. The van der Waals surface area contributed by atoms with Crippen LogP contribution in [-0.2, 0) is 19.1 Å². The van der Waals surface area contributed by atoms with Gasteiger partial charge < -0.3 is 19.9 Å². The lowest BCUT2D eigenvalue weighted by atomic mass is 9.82. The van der Waals surface area contributed by atoms with Gasteiger partial charge in [0.2, 0.25) is 6.29 Å². The normalized spacial score (nSPS) is 21.4. The molecule has 1 atom stereocenters. The largest absolute Gasteiger partial charge is 0.481 e. The summed E-state index contributed by atoms with van der Waals surface area (Å²) in [5, 5.41) is 11.7. The van der Waals surface area contributed by atoms with Crippen molar-refractivity contribution in [3.63, 3.8) is 0 Å². The van der Waals surface area contributed by atoms with Gasteiger partial charge in [-0.15, -0.1) is 0 Å². The number of carbonyl (C=O) groups is 3. The summed E-state index contributed by atoms with van der Waals surface area (Å²) in [7, 11) is 0. The monoisotopic (exact) mass is 357 g/mol. The van der Waals surface area contributed by atoms with Crippen molar-refractivity contribution < 1.29 is 29.0 Å². The minimum absolute atomic E-state index is 0.185. The molecule has 1 saturated carbocycles. The van der Waals surface area contributed by atoms with Gasteiger partial charge in [0.05, 0.1) is 5.92 Å². The summed E-state index contributed by atoms with van der Waals surface area (Å²) >= 11 is 0. The van der Waals surface area contributed by atoms with Gasteiger partial charge in [-0.05, 0) is 43.9 Å². The predicted molar refractivity (Wildman–Crippen MR) is 91.8 cm³/mol. The molecule has 0 saturated heterocycles. The lowest BCUT2D eigenvalue weighted by Crippen LogP contribution is -2.36. The van der Waals surface area contributed by atoms with Crippen molar-refractivity contribution in [3.8, 4) is 0 Å². The van der Waals surface area contributed by atoms with Gasteiger partial charge in [-0.25, -0.2) is 4.79 Å². The zero-order valence-electron chi connectivity index (χ0n) is 15.5. The minimum Gasteiger partial charge on any atom is -0.481 e. The lowest BCUT2D eigenvalue weighted by molar-refractivity contribution is -0.169. The molecule has 25 heavy (non-hydrogen) atoms. The number of hydrogen-bond donors (Lipinski definition) is 2. The van der Waals surface area contributed by atoms with E-state index >= 15 is 0 Å². The zero-order valence-corrected chi connectivity index (χ0v) is 15.5. The van der Waals surface area contributed by atoms with Crippen molar-refractivity contribution in [2.45, 2.75) is 72.0 Å². The van der Waals surface area contributed by atoms with E-state index in [1.165, 1.54) is 0 Å². The van der Waals surface area contributed by atoms with E-state index in [2.05, 4.69) is 5.32 Å². The van der Waals surface area contributed by atoms with Crippen molar-refractivity contribution in [1.82, 2.24) is 5.32 Å². The molecule has 7 heteroatoms. The molecule has 0 aromatic carbocycles. The molecule has 1 unspecified atom stereocenters. The van der Waals surface area contributed by atoms with Crippen LogP contribution in [0, 0.1) is 17.8 Å². The maximum Gasteiger partial charge on any atom is 0.410 e. The Morgan fingerprint density at radius 3 is 2.28 bits per heavy atom. The van der Waals surface area contributed by atoms with Gasteiger partial charge >= 0.3 is 18.0 Å². The Morgan fingerprint density at radius 2 is 1.76 bits per heavy atom. The van der Waals surface area contributed by atoms with Crippen LogP contribution >= 0.6 is 0 Å². The number of rotatable bonds is 9. The predicted octanol–water partition coefficient (Wildman–Crippen LogP) is 3.32. The first-order chi connectivity index (χ1) is 11.8. The Morgan fingerprint density at radius 1 is 1.12 bits per heavy atom. The Balaban J connectivity index is 2.32. The van der Waals surface area contributed by atoms with E-state index in [1.54, 1.807) is 0 Å². The molecule has 0 radical (unpaired) electrons. The molecule has 0 bridgehead atoms. The van der Waals surface area contributed by atoms with Crippen LogP contribution < -0.4 is 5.32 Å². The van der Waals surface area contributed by atoms with E-state index < -0.39 is 18.4 Å². The molecule has 1 aliphatic rings. The molecule has 144 valence electrons. The summed E-state index contributed by atoms with van der Waals surface area (Å²) < 4.78 is 10.4. The molecule has 1 fully saturated rings. The number of alkyl carbamates (subject to hydrolysis) is 1. The third kappa shape index (κ3) is 8.74. The topological polar surface area (TPSA) is 102 Å². The average molecular weight is 357 g/mol. The van der Waals surface area contributed by atoms with E-state index in [4.69, 9.17) is 14.6 Å². The summed E-state index contributed by atoms with van der Waals surface area (Å²) in [5.74, 6) is -0.928. The molecule has 1 aliphatic carbocycles. The molecule has 0 aromatic rings.